The molecule has 14 heavy (non-hydrogen) atoms. The molecule has 0 saturated carbocycles. The number of benzene rings is 1. The number of nitrogens with two attached hydrogens (primary N) is 1. The molecule has 0 aliphatic rings. The highest BCUT2D eigenvalue weighted by molar-refractivity contribution is 6.31. The average molecular weight is 212 g/mol. The van der Waals surface area contributed by atoms with Crippen molar-refractivity contribution in [1.82, 2.24) is 0 Å². The van der Waals surface area contributed by atoms with Crippen molar-refractivity contribution in [1.29, 1.82) is 0 Å². The monoisotopic (exact) mass is 211 g/mol. The minimum absolute atomic E-state index is 0.00157. The molecule has 0 aromatic heterocycles. The highest BCUT2D eigenvalue weighted by Crippen LogP contribution is 2.17. The topological polar surface area (TPSA) is 43.1 Å². The van der Waals surface area contributed by atoms with Crippen LogP contribution in [0.25, 0.3) is 0 Å². The van der Waals surface area contributed by atoms with Gasteiger partial charge in [-0.25, -0.2) is 0 Å². The van der Waals surface area contributed by atoms with Gasteiger partial charge < -0.3 is 5.73 Å². The molecule has 0 spiro atoms. The van der Waals surface area contributed by atoms with Gasteiger partial charge in [0.2, 0.25) is 0 Å². The summed E-state index contributed by atoms with van der Waals surface area (Å²) in [6.07, 6.45) is 0.551. The molecule has 2 N–H and O–H groups in total. The Morgan fingerprint density at radius 3 is 2.71 bits per heavy atom. The predicted molar refractivity (Wildman–Crippen MR) is 58.5 cm³/mol. The summed E-state index contributed by atoms with van der Waals surface area (Å²) in [5.41, 5.74) is 7.68. The molecule has 3 heteroatoms. The maximum absolute atomic E-state index is 10.9. The van der Waals surface area contributed by atoms with E-state index in [1.807, 2.05) is 25.1 Å². The lowest BCUT2D eigenvalue weighted by molar-refractivity contribution is -0.118. The number of carbonyl (C=O) groups is 1. The molecule has 0 aliphatic heterocycles. The SMILES string of the molecule is CC(=O)C(N)Cc1ccc(C)c(Cl)c1. The van der Waals surface area contributed by atoms with E-state index in [9.17, 15) is 4.79 Å². The third-order valence-corrected chi connectivity index (χ3v) is 2.62. The van der Waals surface area contributed by atoms with Crippen molar-refractivity contribution < 1.29 is 4.79 Å². The van der Waals surface area contributed by atoms with E-state index in [1.54, 1.807) is 0 Å². The second-order valence-electron chi connectivity index (χ2n) is 3.50. The summed E-state index contributed by atoms with van der Waals surface area (Å²) < 4.78 is 0. The standard InChI is InChI=1S/C11H14ClNO/c1-7-3-4-9(5-10(7)12)6-11(13)8(2)14/h3-5,11H,6,13H2,1-2H3. The fourth-order valence-corrected chi connectivity index (χ4v) is 1.36. The Morgan fingerprint density at radius 1 is 1.57 bits per heavy atom. The van der Waals surface area contributed by atoms with E-state index in [4.69, 9.17) is 17.3 Å². The molecule has 1 atom stereocenters. The molecule has 0 amide bonds. The maximum Gasteiger partial charge on any atom is 0.146 e. The van der Waals surface area contributed by atoms with Crippen LogP contribution in [0.3, 0.4) is 0 Å². The number of halogens is 1. The zero-order chi connectivity index (χ0) is 10.7. The largest absolute Gasteiger partial charge is 0.321 e. The first-order chi connectivity index (χ1) is 6.50. The summed E-state index contributed by atoms with van der Waals surface area (Å²) in [4.78, 5) is 10.9. The molecule has 0 heterocycles. The quantitative estimate of drug-likeness (QED) is 0.832. The third kappa shape index (κ3) is 2.82. The van der Waals surface area contributed by atoms with Crippen LogP contribution in [0.1, 0.15) is 18.1 Å². The molecule has 0 bridgehead atoms. The van der Waals surface area contributed by atoms with Crippen LogP contribution in [0.4, 0.5) is 0 Å². The van der Waals surface area contributed by atoms with Gasteiger partial charge in [0.25, 0.3) is 0 Å². The number of Topliss-reactive ketones (excluding diaryl/α,β-unsaturated/α-hetero) is 1. The lowest BCUT2D eigenvalue weighted by Gasteiger charge is -2.08. The van der Waals surface area contributed by atoms with Gasteiger partial charge >= 0.3 is 0 Å². The Bertz CT molecular complexity index is 349. The summed E-state index contributed by atoms with van der Waals surface area (Å²) in [7, 11) is 0. The van der Waals surface area contributed by atoms with E-state index >= 15 is 0 Å². The maximum atomic E-state index is 10.9. The molecule has 1 rings (SSSR count). The van der Waals surface area contributed by atoms with Crippen molar-refractivity contribution in [3.8, 4) is 0 Å². The molecule has 1 aromatic rings. The van der Waals surface area contributed by atoms with E-state index < -0.39 is 6.04 Å². The van der Waals surface area contributed by atoms with Gasteiger partial charge in [-0.1, -0.05) is 23.7 Å². The van der Waals surface area contributed by atoms with Gasteiger partial charge in [-0.3, -0.25) is 4.79 Å². The fourth-order valence-electron chi connectivity index (χ4n) is 1.16. The average Bonchev–Trinajstić information content (AvgIpc) is 2.11. The van der Waals surface area contributed by atoms with Gasteiger partial charge in [-0.15, -0.1) is 0 Å². The van der Waals surface area contributed by atoms with E-state index in [2.05, 4.69) is 0 Å². The summed E-state index contributed by atoms with van der Waals surface area (Å²) in [6.45, 7) is 3.44. The zero-order valence-corrected chi connectivity index (χ0v) is 9.14. The second-order valence-corrected chi connectivity index (χ2v) is 3.91. The van der Waals surface area contributed by atoms with Crippen molar-refractivity contribution in [2.75, 3.05) is 0 Å². The van der Waals surface area contributed by atoms with Crippen molar-refractivity contribution in [2.45, 2.75) is 26.3 Å². The first kappa shape index (κ1) is 11.2. The van der Waals surface area contributed by atoms with Crippen LogP contribution in [0.5, 0.6) is 0 Å². The highest BCUT2D eigenvalue weighted by atomic mass is 35.5. The van der Waals surface area contributed by atoms with Gasteiger partial charge in [-0.2, -0.15) is 0 Å². The summed E-state index contributed by atoms with van der Waals surface area (Å²) in [5, 5.41) is 0.721. The summed E-state index contributed by atoms with van der Waals surface area (Å²) >= 11 is 5.95. The first-order valence-electron chi connectivity index (χ1n) is 4.51. The zero-order valence-electron chi connectivity index (χ0n) is 8.38. The predicted octanol–water partition coefficient (Wildman–Crippen LogP) is 2.11. The van der Waals surface area contributed by atoms with Gasteiger partial charge in [0.1, 0.15) is 5.78 Å². The second kappa shape index (κ2) is 4.58. The van der Waals surface area contributed by atoms with Crippen LogP contribution >= 0.6 is 11.6 Å². The first-order valence-corrected chi connectivity index (χ1v) is 4.89. The highest BCUT2D eigenvalue weighted by Gasteiger charge is 2.09. The Morgan fingerprint density at radius 2 is 2.21 bits per heavy atom. The van der Waals surface area contributed by atoms with Crippen LogP contribution in [-0.4, -0.2) is 11.8 Å². The molecular weight excluding hydrogens is 198 g/mol. The summed E-state index contributed by atoms with van der Waals surface area (Å²) in [5.74, 6) is 0.00157. The van der Waals surface area contributed by atoms with E-state index in [0.29, 0.717) is 6.42 Å². The lowest BCUT2D eigenvalue weighted by Crippen LogP contribution is -2.30. The van der Waals surface area contributed by atoms with E-state index in [0.717, 1.165) is 16.1 Å². The minimum atomic E-state index is -0.422. The Kier molecular flexibility index (Phi) is 3.67. The number of ketones is 1. The molecule has 0 fully saturated rings. The van der Waals surface area contributed by atoms with Crippen molar-refractivity contribution in [3.63, 3.8) is 0 Å². The van der Waals surface area contributed by atoms with Crippen LogP contribution < -0.4 is 5.73 Å². The number of rotatable bonds is 3. The minimum Gasteiger partial charge on any atom is -0.321 e. The van der Waals surface area contributed by atoms with Crippen molar-refractivity contribution in [2.24, 2.45) is 5.73 Å². The van der Waals surface area contributed by atoms with E-state index in [-0.39, 0.29) is 5.78 Å². The van der Waals surface area contributed by atoms with Crippen LogP contribution in [0, 0.1) is 6.92 Å². The van der Waals surface area contributed by atoms with Crippen LogP contribution in [-0.2, 0) is 11.2 Å². The van der Waals surface area contributed by atoms with Gasteiger partial charge in [-0.05, 0) is 37.5 Å². The Hall–Kier alpha value is -0.860. The van der Waals surface area contributed by atoms with Crippen LogP contribution in [0.15, 0.2) is 18.2 Å². The molecule has 76 valence electrons. The van der Waals surface area contributed by atoms with E-state index in [1.165, 1.54) is 6.92 Å². The number of hydrogen-bond acceptors (Lipinski definition) is 2. The van der Waals surface area contributed by atoms with Crippen LogP contribution in [0.2, 0.25) is 5.02 Å². The molecular formula is C11H14ClNO. The Labute approximate surface area is 89.1 Å². The molecule has 0 radical (unpaired) electrons. The molecule has 2 nitrogen and oxygen atoms in total. The van der Waals surface area contributed by atoms with Gasteiger partial charge in [0.15, 0.2) is 0 Å². The lowest BCUT2D eigenvalue weighted by atomic mass is 10.0. The number of hydrogen-bond donors (Lipinski definition) is 1. The number of carbonyl (C=O) groups excluding carboxylic acids is 1. The van der Waals surface area contributed by atoms with Crippen molar-refractivity contribution in [3.05, 3.63) is 34.3 Å². The van der Waals surface area contributed by atoms with Gasteiger partial charge in [0, 0.05) is 5.02 Å². The molecule has 0 saturated heterocycles. The summed E-state index contributed by atoms with van der Waals surface area (Å²) in [6, 6.07) is 5.32. The van der Waals surface area contributed by atoms with Crippen molar-refractivity contribution >= 4 is 17.4 Å². The van der Waals surface area contributed by atoms with Gasteiger partial charge in [0.05, 0.1) is 6.04 Å². The molecule has 1 unspecified atom stereocenters. The number of aryl methyl sites for hydroxylation is 1. The third-order valence-electron chi connectivity index (χ3n) is 2.21. The normalized spacial score (nSPS) is 12.6. The molecule has 0 aliphatic carbocycles. The smallest absolute Gasteiger partial charge is 0.146 e. The molecule has 1 aromatic carbocycles. The fraction of sp³-hybridized carbons (Fsp3) is 0.364. The Balaban J connectivity index is 2.78.